The van der Waals surface area contributed by atoms with E-state index in [2.05, 4.69) is 6.58 Å². The molecule has 0 saturated heterocycles. The Bertz CT molecular complexity index is 296. The van der Waals surface area contributed by atoms with E-state index in [9.17, 15) is 4.79 Å². The van der Waals surface area contributed by atoms with E-state index in [-0.39, 0.29) is 6.61 Å². The van der Waals surface area contributed by atoms with Crippen LogP contribution in [0.15, 0.2) is 41.5 Å². The molecule has 0 aliphatic heterocycles. The van der Waals surface area contributed by atoms with Crippen molar-refractivity contribution in [3.05, 3.63) is 42.9 Å². The second-order valence-electron chi connectivity index (χ2n) is 2.25. The van der Waals surface area contributed by atoms with Gasteiger partial charge in [0, 0.05) is 6.08 Å². The lowest BCUT2D eigenvalue weighted by Gasteiger charge is -1.93. The first-order chi connectivity index (χ1) is 6.33. The summed E-state index contributed by atoms with van der Waals surface area (Å²) in [5.41, 5.74) is 0. The van der Waals surface area contributed by atoms with Gasteiger partial charge < -0.3 is 9.15 Å². The van der Waals surface area contributed by atoms with Crippen LogP contribution in [0, 0.1) is 0 Å². The van der Waals surface area contributed by atoms with Crippen molar-refractivity contribution in [2.24, 2.45) is 0 Å². The molecule has 1 rings (SSSR count). The Labute approximate surface area is 76.3 Å². The molecule has 0 N–H and O–H groups in total. The van der Waals surface area contributed by atoms with Gasteiger partial charge in [-0.1, -0.05) is 6.58 Å². The zero-order valence-electron chi connectivity index (χ0n) is 7.10. The highest BCUT2D eigenvalue weighted by atomic mass is 16.5. The number of ether oxygens (including phenoxy) is 1. The molecule has 0 unspecified atom stereocenters. The van der Waals surface area contributed by atoms with Crippen LogP contribution in [0.3, 0.4) is 0 Å². The molecule has 0 radical (unpaired) electrons. The smallest absolute Gasteiger partial charge is 0.330 e. The standard InChI is InChI=1S/C10H10O3/c1-2-10(11)13-8-4-6-9-5-3-7-12-9/h2-7H,1,8H2/b6-4+. The molecule has 3 nitrogen and oxygen atoms in total. The Morgan fingerprint density at radius 2 is 2.54 bits per heavy atom. The second kappa shape index (κ2) is 4.98. The van der Waals surface area contributed by atoms with Crippen LogP contribution >= 0.6 is 0 Å². The van der Waals surface area contributed by atoms with Gasteiger partial charge in [0.2, 0.25) is 0 Å². The summed E-state index contributed by atoms with van der Waals surface area (Å²) in [6.45, 7) is 3.50. The van der Waals surface area contributed by atoms with Gasteiger partial charge in [-0.3, -0.25) is 0 Å². The minimum absolute atomic E-state index is 0.228. The summed E-state index contributed by atoms with van der Waals surface area (Å²) in [6, 6.07) is 3.60. The van der Waals surface area contributed by atoms with E-state index in [1.54, 1.807) is 24.5 Å². The van der Waals surface area contributed by atoms with Crippen molar-refractivity contribution in [1.29, 1.82) is 0 Å². The van der Waals surface area contributed by atoms with Crippen LogP contribution < -0.4 is 0 Å². The molecule has 0 aliphatic carbocycles. The highest BCUT2D eigenvalue weighted by Crippen LogP contribution is 2.01. The summed E-state index contributed by atoms with van der Waals surface area (Å²) < 4.78 is 9.72. The maximum Gasteiger partial charge on any atom is 0.330 e. The van der Waals surface area contributed by atoms with E-state index in [0.717, 1.165) is 11.8 Å². The molecule has 0 amide bonds. The van der Waals surface area contributed by atoms with Crippen LogP contribution in [-0.4, -0.2) is 12.6 Å². The second-order valence-corrected chi connectivity index (χ2v) is 2.25. The van der Waals surface area contributed by atoms with E-state index in [4.69, 9.17) is 9.15 Å². The molecular weight excluding hydrogens is 168 g/mol. The third-order valence-corrected chi connectivity index (χ3v) is 1.31. The van der Waals surface area contributed by atoms with Gasteiger partial charge in [-0.05, 0) is 24.3 Å². The van der Waals surface area contributed by atoms with Gasteiger partial charge in [0.05, 0.1) is 6.26 Å². The average molecular weight is 178 g/mol. The zero-order chi connectivity index (χ0) is 9.52. The fraction of sp³-hybridized carbons (Fsp3) is 0.100. The molecule has 0 atom stereocenters. The average Bonchev–Trinajstić information content (AvgIpc) is 2.64. The Kier molecular flexibility index (Phi) is 3.57. The summed E-state index contributed by atoms with van der Waals surface area (Å²) in [5, 5.41) is 0. The van der Waals surface area contributed by atoms with Gasteiger partial charge >= 0.3 is 5.97 Å². The van der Waals surface area contributed by atoms with Crippen LogP contribution in [0.1, 0.15) is 5.76 Å². The molecule has 0 aromatic carbocycles. The Hall–Kier alpha value is -1.77. The van der Waals surface area contributed by atoms with E-state index >= 15 is 0 Å². The van der Waals surface area contributed by atoms with E-state index in [0.29, 0.717) is 0 Å². The molecule has 1 aromatic heterocycles. The predicted octanol–water partition coefficient (Wildman–Crippen LogP) is 2.02. The first kappa shape index (κ1) is 9.32. The van der Waals surface area contributed by atoms with Crippen LogP contribution in [0.5, 0.6) is 0 Å². The van der Waals surface area contributed by atoms with Crippen molar-refractivity contribution in [3.63, 3.8) is 0 Å². The SMILES string of the molecule is C=CC(=O)OC/C=C/c1ccco1. The molecule has 0 aliphatic rings. The lowest BCUT2D eigenvalue weighted by atomic mass is 10.4. The minimum atomic E-state index is -0.427. The maximum absolute atomic E-state index is 10.6. The fourth-order valence-corrected chi connectivity index (χ4v) is 0.740. The van der Waals surface area contributed by atoms with Crippen LogP contribution in [0.25, 0.3) is 6.08 Å². The van der Waals surface area contributed by atoms with E-state index in [1.807, 2.05) is 6.07 Å². The van der Waals surface area contributed by atoms with Gasteiger partial charge in [-0.2, -0.15) is 0 Å². The minimum Gasteiger partial charge on any atom is -0.465 e. The normalized spacial score (nSPS) is 10.2. The van der Waals surface area contributed by atoms with E-state index < -0.39 is 5.97 Å². The number of carbonyl (C=O) groups is 1. The van der Waals surface area contributed by atoms with Crippen molar-refractivity contribution >= 4 is 12.0 Å². The molecular formula is C10H10O3. The van der Waals surface area contributed by atoms with Crippen molar-refractivity contribution in [1.82, 2.24) is 0 Å². The monoisotopic (exact) mass is 178 g/mol. The first-order valence-corrected chi connectivity index (χ1v) is 3.82. The summed E-state index contributed by atoms with van der Waals surface area (Å²) in [5.74, 6) is 0.304. The van der Waals surface area contributed by atoms with Crippen molar-refractivity contribution in [2.45, 2.75) is 0 Å². The summed E-state index contributed by atoms with van der Waals surface area (Å²) in [4.78, 5) is 10.6. The van der Waals surface area contributed by atoms with Gasteiger partial charge in [0.25, 0.3) is 0 Å². The van der Waals surface area contributed by atoms with Gasteiger partial charge in [0.1, 0.15) is 12.4 Å². The summed E-state index contributed by atoms with van der Waals surface area (Å²) in [6.07, 6.45) is 6.13. The Morgan fingerprint density at radius 1 is 1.69 bits per heavy atom. The number of carbonyl (C=O) groups excluding carboxylic acids is 1. The van der Waals surface area contributed by atoms with Crippen LogP contribution in [0.4, 0.5) is 0 Å². The molecule has 0 saturated carbocycles. The Morgan fingerprint density at radius 3 is 3.15 bits per heavy atom. The van der Waals surface area contributed by atoms with Gasteiger partial charge in [-0.25, -0.2) is 4.79 Å². The summed E-state index contributed by atoms with van der Waals surface area (Å²) in [7, 11) is 0. The van der Waals surface area contributed by atoms with Crippen LogP contribution in [0.2, 0.25) is 0 Å². The van der Waals surface area contributed by atoms with Gasteiger partial charge in [-0.15, -0.1) is 0 Å². The molecule has 1 aromatic rings. The van der Waals surface area contributed by atoms with Crippen LogP contribution in [-0.2, 0) is 9.53 Å². The molecule has 0 fully saturated rings. The number of furan rings is 1. The third-order valence-electron chi connectivity index (χ3n) is 1.31. The highest BCUT2D eigenvalue weighted by molar-refractivity contribution is 5.81. The molecule has 0 bridgehead atoms. The number of esters is 1. The first-order valence-electron chi connectivity index (χ1n) is 3.82. The predicted molar refractivity (Wildman–Crippen MR) is 48.9 cm³/mol. The van der Waals surface area contributed by atoms with Crippen molar-refractivity contribution in [2.75, 3.05) is 6.61 Å². The highest BCUT2D eigenvalue weighted by Gasteiger charge is 1.91. The molecule has 68 valence electrons. The molecule has 3 heteroatoms. The zero-order valence-corrected chi connectivity index (χ0v) is 7.10. The lowest BCUT2D eigenvalue weighted by Crippen LogP contribution is -1.98. The number of hydrogen-bond donors (Lipinski definition) is 0. The molecule has 1 heterocycles. The largest absolute Gasteiger partial charge is 0.465 e. The maximum atomic E-state index is 10.6. The van der Waals surface area contributed by atoms with E-state index in [1.165, 1.54) is 0 Å². The topological polar surface area (TPSA) is 39.4 Å². The summed E-state index contributed by atoms with van der Waals surface area (Å²) >= 11 is 0. The number of hydrogen-bond acceptors (Lipinski definition) is 3. The van der Waals surface area contributed by atoms with Gasteiger partial charge in [0.15, 0.2) is 0 Å². The quantitative estimate of drug-likeness (QED) is 0.523. The molecule has 13 heavy (non-hydrogen) atoms. The lowest BCUT2D eigenvalue weighted by molar-refractivity contribution is -0.136. The fourth-order valence-electron chi connectivity index (χ4n) is 0.740. The Balaban J connectivity index is 2.27. The number of rotatable bonds is 4. The van der Waals surface area contributed by atoms with Crippen molar-refractivity contribution in [3.8, 4) is 0 Å². The third kappa shape index (κ3) is 3.42. The molecule has 0 spiro atoms. The van der Waals surface area contributed by atoms with Crippen molar-refractivity contribution < 1.29 is 13.9 Å².